The topological polar surface area (TPSA) is 58.4 Å². The predicted octanol–water partition coefficient (Wildman–Crippen LogP) is 1.66. The molecule has 1 saturated heterocycles. The molecule has 1 aromatic rings. The van der Waals surface area contributed by atoms with Crippen LogP contribution in [0.25, 0.3) is 0 Å². The number of nitrogens with zero attached hydrogens (tertiary/aromatic N) is 3. The first-order chi connectivity index (χ1) is 8.00. The van der Waals surface area contributed by atoms with Crippen molar-refractivity contribution in [2.24, 2.45) is 7.05 Å². The number of hydrogen-bond acceptors (Lipinski definition) is 3. The Morgan fingerprint density at radius 1 is 1.59 bits per heavy atom. The highest BCUT2D eigenvalue weighted by molar-refractivity contribution is 5.85. The average Bonchev–Trinajstić information content (AvgIpc) is 2.82. The molecule has 1 N–H and O–H groups in total. The minimum absolute atomic E-state index is 0.260. The summed E-state index contributed by atoms with van der Waals surface area (Å²) in [6.45, 7) is 5.40. The van der Waals surface area contributed by atoms with E-state index in [0.29, 0.717) is 6.04 Å². The molecule has 2 heterocycles. The maximum absolute atomic E-state index is 11.0. The Bertz CT molecular complexity index is 425. The van der Waals surface area contributed by atoms with Gasteiger partial charge in [0.1, 0.15) is 5.69 Å². The lowest BCUT2D eigenvalue weighted by Gasteiger charge is -2.26. The summed E-state index contributed by atoms with van der Waals surface area (Å²) in [4.78, 5) is 13.4. The number of aryl methyl sites for hydroxylation is 1. The summed E-state index contributed by atoms with van der Waals surface area (Å²) in [5, 5.41) is 13.4. The van der Waals surface area contributed by atoms with Gasteiger partial charge in [-0.2, -0.15) is 5.10 Å². The third kappa shape index (κ3) is 2.20. The highest BCUT2D eigenvalue weighted by Gasteiger charge is 2.30. The number of rotatable bonds is 3. The Hall–Kier alpha value is -1.36. The lowest BCUT2D eigenvalue weighted by atomic mass is 10.1. The molecule has 1 atom stereocenters. The molecule has 17 heavy (non-hydrogen) atoms. The fraction of sp³-hybridized carbons (Fsp3) is 0.667. The van der Waals surface area contributed by atoms with Gasteiger partial charge in [0.05, 0.1) is 11.7 Å². The molecule has 0 amide bonds. The maximum Gasteiger partial charge on any atom is 0.354 e. The van der Waals surface area contributed by atoms with Gasteiger partial charge in [0.15, 0.2) is 0 Å². The molecule has 1 fully saturated rings. The minimum Gasteiger partial charge on any atom is -0.477 e. The molecule has 1 unspecified atom stereocenters. The first kappa shape index (κ1) is 12.1. The molecule has 0 radical (unpaired) electrons. The quantitative estimate of drug-likeness (QED) is 0.868. The van der Waals surface area contributed by atoms with Gasteiger partial charge in [-0.25, -0.2) is 4.79 Å². The summed E-state index contributed by atoms with van der Waals surface area (Å²) in [5.74, 6) is -0.916. The molecular formula is C12H19N3O2. The molecule has 5 nitrogen and oxygen atoms in total. The zero-order chi connectivity index (χ0) is 12.6. The second-order valence-electron chi connectivity index (χ2n) is 4.87. The van der Waals surface area contributed by atoms with Crippen molar-refractivity contribution < 1.29 is 9.90 Å². The van der Waals surface area contributed by atoms with E-state index in [1.807, 2.05) is 0 Å². The van der Waals surface area contributed by atoms with Crippen molar-refractivity contribution in [2.45, 2.75) is 38.8 Å². The van der Waals surface area contributed by atoms with Crippen LogP contribution < -0.4 is 0 Å². The van der Waals surface area contributed by atoms with Gasteiger partial charge in [0.2, 0.25) is 0 Å². The third-order valence-corrected chi connectivity index (χ3v) is 3.42. The molecular weight excluding hydrogens is 218 g/mol. The van der Waals surface area contributed by atoms with Crippen LogP contribution >= 0.6 is 0 Å². The van der Waals surface area contributed by atoms with Crippen LogP contribution in [0, 0.1) is 0 Å². The summed E-state index contributed by atoms with van der Waals surface area (Å²) in [6.07, 6.45) is 2.22. The van der Waals surface area contributed by atoms with Crippen molar-refractivity contribution in [1.82, 2.24) is 14.7 Å². The lowest BCUT2D eigenvalue weighted by molar-refractivity contribution is 0.0685. The van der Waals surface area contributed by atoms with Gasteiger partial charge in [-0.1, -0.05) is 0 Å². The molecule has 1 aliphatic rings. The molecule has 94 valence electrons. The average molecular weight is 237 g/mol. The van der Waals surface area contributed by atoms with Gasteiger partial charge in [0, 0.05) is 13.1 Å². The van der Waals surface area contributed by atoms with Gasteiger partial charge in [-0.3, -0.25) is 9.58 Å². The van der Waals surface area contributed by atoms with Crippen LogP contribution in [0.3, 0.4) is 0 Å². The monoisotopic (exact) mass is 237 g/mol. The Balaban J connectivity index is 2.28. The van der Waals surface area contributed by atoms with Crippen LogP contribution in [-0.4, -0.2) is 38.3 Å². The second kappa shape index (κ2) is 4.49. The summed E-state index contributed by atoms with van der Waals surface area (Å²) in [5.41, 5.74) is 1.15. The Morgan fingerprint density at radius 3 is 2.82 bits per heavy atom. The van der Waals surface area contributed by atoms with Gasteiger partial charge < -0.3 is 5.11 Å². The van der Waals surface area contributed by atoms with Crippen molar-refractivity contribution in [3.05, 3.63) is 17.5 Å². The van der Waals surface area contributed by atoms with Crippen molar-refractivity contribution >= 4 is 5.97 Å². The predicted molar refractivity (Wildman–Crippen MR) is 64.0 cm³/mol. The Kier molecular flexibility index (Phi) is 3.19. The highest BCUT2D eigenvalue weighted by atomic mass is 16.4. The number of aromatic carboxylic acids is 1. The Morgan fingerprint density at radius 2 is 2.29 bits per heavy atom. The van der Waals surface area contributed by atoms with Crippen molar-refractivity contribution in [3.8, 4) is 0 Å². The number of carboxylic acid groups (broad SMARTS) is 1. The highest BCUT2D eigenvalue weighted by Crippen LogP contribution is 2.32. The number of carbonyl (C=O) groups is 1. The SMILES string of the molecule is CC(C)N1CCCC1c1cc(C(=O)O)n(C)n1. The molecule has 2 rings (SSSR count). The van der Waals surface area contributed by atoms with Gasteiger partial charge in [-0.15, -0.1) is 0 Å². The number of likely N-dealkylation sites (tertiary alicyclic amines) is 1. The van der Waals surface area contributed by atoms with Crippen LogP contribution in [0.2, 0.25) is 0 Å². The van der Waals surface area contributed by atoms with Gasteiger partial charge in [-0.05, 0) is 39.3 Å². The van der Waals surface area contributed by atoms with E-state index in [1.165, 1.54) is 4.68 Å². The number of aromatic nitrogens is 2. The number of hydrogen-bond donors (Lipinski definition) is 1. The summed E-state index contributed by atoms with van der Waals surface area (Å²) in [7, 11) is 1.68. The van der Waals surface area contributed by atoms with Crippen LogP contribution in [0.15, 0.2) is 6.07 Å². The maximum atomic E-state index is 11.0. The van der Waals surface area contributed by atoms with E-state index in [9.17, 15) is 4.79 Å². The molecule has 1 aliphatic heterocycles. The van der Waals surface area contributed by atoms with E-state index in [0.717, 1.165) is 25.1 Å². The summed E-state index contributed by atoms with van der Waals surface area (Å²) >= 11 is 0. The van der Waals surface area contributed by atoms with Crippen molar-refractivity contribution in [3.63, 3.8) is 0 Å². The third-order valence-electron chi connectivity index (χ3n) is 3.42. The minimum atomic E-state index is -0.916. The smallest absolute Gasteiger partial charge is 0.354 e. The standard InChI is InChI=1S/C12H19N3O2/c1-8(2)15-6-4-5-10(15)9-7-11(12(16)17)14(3)13-9/h7-8,10H,4-6H2,1-3H3,(H,16,17). The molecule has 0 aromatic carbocycles. The summed E-state index contributed by atoms with van der Waals surface area (Å²) < 4.78 is 1.45. The molecule has 1 aromatic heterocycles. The van der Waals surface area contributed by atoms with E-state index in [4.69, 9.17) is 5.11 Å². The second-order valence-corrected chi connectivity index (χ2v) is 4.87. The molecule has 0 aliphatic carbocycles. The van der Waals surface area contributed by atoms with E-state index in [-0.39, 0.29) is 11.7 Å². The fourth-order valence-corrected chi connectivity index (χ4v) is 2.58. The van der Waals surface area contributed by atoms with Crippen LogP contribution in [0.1, 0.15) is 48.9 Å². The first-order valence-electron chi connectivity index (χ1n) is 6.03. The van der Waals surface area contributed by atoms with E-state index >= 15 is 0 Å². The molecule has 0 bridgehead atoms. The van der Waals surface area contributed by atoms with Crippen LogP contribution in [-0.2, 0) is 7.05 Å². The van der Waals surface area contributed by atoms with Gasteiger partial charge in [0.25, 0.3) is 0 Å². The zero-order valence-corrected chi connectivity index (χ0v) is 10.6. The van der Waals surface area contributed by atoms with Crippen LogP contribution in [0.5, 0.6) is 0 Å². The van der Waals surface area contributed by atoms with Crippen molar-refractivity contribution in [1.29, 1.82) is 0 Å². The van der Waals surface area contributed by atoms with Crippen LogP contribution in [0.4, 0.5) is 0 Å². The molecule has 0 spiro atoms. The fourth-order valence-electron chi connectivity index (χ4n) is 2.58. The van der Waals surface area contributed by atoms with Crippen molar-refractivity contribution in [2.75, 3.05) is 6.54 Å². The first-order valence-corrected chi connectivity index (χ1v) is 6.03. The normalized spacial score (nSPS) is 21.3. The molecule has 0 saturated carbocycles. The van der Waals surface area contributed by atoms with E-state index in [2.05, 4.69) is 23.8 Å². The Labute approximate surface area is 101 Å². The largest absolute Gasteiger partial charge is 0.477 e. The van der Waals surface area contributed by atoms with E-state index < -0.39 is 5.97 Å². The number of carboxylic acids is 1. The summed E-state index contributed by atoms with van der Waals surface area (Å²) in [6, 6.07) is 2.44. The van der Waals surface area contributed by atoms with Gasteiger partial charge >= 0.3 is 5.97 Å². The lowest BCUT2D eigenvalue weighted by Crippen LogP contribution is -2.30. The van der Waals surface area contributed by atoms with E-state index in [1.54, 1.807) is 13.1 Å². The zero-order valence-electron chi connectivity index (χ0n) is 10.6. The molecule has 5 heteroatoms.